The van der Waals surface area contributed by atoms with Gasteiger partial charge in [0.1, 0.15) is 28.0 Å². The molecule has 2 heterocycles. The quantitative estimate of drug-likeness (QED) is 0.865. The molecule has 0 amide bonds. The molecule has 0 fully saturated rings. The summed E-state index contributed by atoms with van der Waals surface area (Å²) in [5, 5.41) is 0.966. The average Bonchev–Trinajstić information content (AvgIpc) is 2.73. The Morgan fingerprint density at radius 2 is 2.31 bits per heavy atom. The van der Waals surface area contributed by atoms with Gasteiger partial charge >= 0.3 is 0 Å². The Morgan fingerprint density at radius 1 is 1.50 bits per heavy atom. The van der Waals surface area contributed by atoms with Crippen molar-refractivity contribution < 1.29 is 0 Å². The molecule has 16 heavy (non-hydrogen) atoms. The molecule has 0 spiro atoms. The van der Waals surface area contributed by atoms with Gasteiger partial charge in [0.25, 0.3) is 0 Å². The molecule has 0 aromatic carbocycles. The van der Waals surface area contributed by atoms with E-state index in [0.29, 0.717) is 10.0 Å². The summed E-state index contributed by atoms with van der Waals surface area (Å²) in [5.41, 5.74) is 5.58. The summed E-state index contributed by atoms with van der Waals surface area (Å²) in [4.78, 5) is 12.1. The zero-order valence-electron chi connectivity index (χ0n) is 8.35. The maximum atomic E-state index is 5.97. The van der Waals surface area contributed by atoms with Crippen molar-refractivity contribution in [3.8, 4) is 0 Å². The normalized spacial score (nSPS) is 10.6. The lowest BCUT2D eigenvalue weighted by Crippen LogP contribution is -1.94. The SMILES string of the molecule is CCc1nsc(Sc2ncnc(N)c2Cl)n1. The molecule has 0 atom stereocenters. The number of aryl methyl sites for hydroxylation is 1. The molecular formula is C8H8ClN5S2. The molecule has 0 radical (unpaired) electrons. The summed E-state index contributed by atoms with van der Waals surface area (Å²) in [6.07, 6.45) is 2.20. The van der Waals surface area contributed by atoms with Gasteiger partial charge < -0.3 is 5.73 Å². The molecule has 0 aliphatic heterocycles. The minimum Gasteiger partial charge on any atom is -0.382 e. The lowest BCUT2D eigenvalue weighted by Gasteiger charge is -2.00. The third-order valence-corrected chi connectivity index (χ3v) is 4.01. The number of nitrogens with two attached hydrogens (primary N) is 1. The summed E-state index contributed by atoms with van der Waals surface area (Å²) < 4.78 is 4.98. The van der Waals surface area contributed by atoms with E-state index in [1.165, 1.54) is 29.6 Å². The molecule has 5 nitrogen and oxygen atoms in total. The molecule has 0 bridgehead atoms. The van der Waals surface area contributed by atoms with E-state index >= 15 is 0 Å². The molecule has 0 saturated heterocycles. The van der Waals surface area contributed by atoms with E-state index in [9.17, 15) is 0 Å². The van der Waals surface area contributed by atoms with Gasteiger partial charge in [0.05, 0.1) is 0 Å². The van der Waals surface area contributed by atoms with E-state index in [4.69, 9.17) is 17.3 Å². The minimum absolute atomic E-state index is 0.277. The first-order valence-electron chi connectivity index (χ1n) is 4.47. The highest BCUT2D eigenvalue weighted by atomic mass is 35.5. The van der Waals surface area contributed by atoms with Crippen LogP contribution < -0.4 is 5.73 Å². The Balaban J connectivity index is 2.23. The maximum absolute atomic E-state index is 5.97. The number of rotatable bonds is 3. The second-order valence-electron chi connectivity index (χ2n) is 2.81. The Morgan fingerprint density at radius 3 is 3.00 bits per heavy atom. The zero-order valence-corrected chi connectivity index (χ0v) is 10.7. The number of halogens is 1. The number of hydrogen-bond acceptors (Lipinski definition) is 7. The number of hydrogen-bond donors (Lipinski definition) is 1. The third kappa shape index (κ3) is 2.42. The fraction of sp³-hybridized carbons (Fsp3) is 0.250. The maximum Gasteiger partial charge on any atom is 0.176 e. The Bertz CT molecular complexity index is 501. The van der Waals surface area contributed by atoms with E-state index < -0.39 is 0 Å². The highest BCUT2D eigenvalue weighted by Gasteiger charge is 2.11. The number of aromatic nitrogens is 4. The predicted molar refractivity (Wildman–Crippen MR) is 64.9 cm³/mol. The van der Waals surface area contributed by atoms with Gasteiger partial charge in [0, 0.05) is 6.42 Å². The monoisotopic (exact) mass is 273 g/mol. The van der Waals surface area contributed by atoms with Crippen molar-refractivity contribution >= 4 is 40.7 Å². The number of nitrogens with zero attached hydrogens (tertiary/aromatic N) is 4. The molecule has 2 rings (SSSR count). The topological polar surface area (TPSA) is 77.6 Å². The molecule has 2 aromatic rings. The van der Waals surface area contributed by atoms with Crippen molar-refractivity contribution in [1.82, 2.24) is 19.3 Å². The van der Waals surface area contributed by atoms with Crippen LogP contribution in [-0.4, -0.2) is 19.3 Å². The standard InChI is InChI=1S/C8H8ClN5S2/c1-2-4-13-8(16-14-4)15-7-5(9)6(10)11-3-12-7/h3H,2H2,1H3,(H2,10,11,12). The van der Waals surface area contributed by atoms with Crippen LogP contribution in [0.5, 0.6) is 0 Å². The minimum atomic E-state index is 0.277. The predicted octanol–water partition coefficient (Wildman–Crippen LogP) is 2.28. The second-order valence-corrected chi connectivity index (χ2v) is 5.18. The van der Waals surface area contributed by atoms with Crippen molar-refractivity contribution in [1.29, 1.82) is 0 Å². The summed E-state index contributed by atoms with van der Waals surface area (Å²) >= 11 is 8.64. The fourth-order valence-electron chi connectivity index (χ4n) is 0.943. The highest BCUT2D eigenvalue weighted by Crippen LogP contribution is 2.34. The Hall–Kier alpha value is -0.920. The lowest BCUT2D eigenvalue weighted by atomic mass is 10.5. The fourth-order valence-corrected chi connectivity index (χ4v) is 2.76. The van der Waals surface area contributed by atoms with Gasteiger partial charge in [-0.1, -0.05) is 18.5 Å². The molecule has 84 valence electrons. The van der Waals surface area contributed by atoms with Crippen LogP contribution in [0.1, 0.15) is 12.7 Å². The highest BCUT2D eigenvalue weighted by molar-refractivity contribution is 8.01. The van der Waals surface area contributed by atoms with Crippen molar-refractivity contribution in [2.24, 2.45) is 0 Å². The van der Waals surface area contributed by atoms with Crippen LogP contribution in [0.2, 0.25) is 5.02 Å². The Kier molecular flexibility index (Phi) is 3.57. The van der Waals surface area contributed by atoms with Crippen LogP contribution in [0.4, 0.5) is 5.82 Å². The average molecular weight is 274 g/mol. The van der Waals surface area contributed by atoms with Crippen molar-refractivity contribution in [3.63, 3.8) is 0 Å². The van der Waals surface area contributed by atoms with Crippen LogP contribution in [0.3, 0.4) is 0 Å². The number of anilines is 1. The van der Waals surface area contributed by atoms with E-state index in [1.807, 2.05) is 6.92 Å². The first-order chi connectivity index (χ1) is 7.70. The van der Waals surface area contributed by atoms with Gasteiger partial charge in [-0.2, -0.15) is 4.37 Å². The van der Waals surface area contributed by atoms with Gasteiger partial charge in [-0.15, -0.1) is 0 Å². The molecular weight excluding hydrogens is 266 g/mol. The third-order valence-electron chi connectivity index (χ3n) is 1.73. The summed E-state index contributed by atoms with van der Waals surface area (Å²) in [7, 11) is 0. The van der Waals surface area contributed by atoms with Crippen molar-refractivity contribution in [2.45, 2.75) is 22.7 Å². The summed E-state index contributed by atoms with van der Waals surface area (Å²) in [6.45, 7) is 2.01. The lowest BCUT2D eigenvalue weighted by molar-refractivity contribution is 0.969. The van der Waals surface area contributed by atoms with Gasteiger partial charge in [0.15, 0.2) is 4.34 Å². The summed E-state index contributed by atoms with van der Waals surface area (Å²) in [5.74, 6) is 1.10. The van der Waals surface area contributed by atoms with E-state index in [-0.39, 0.29) is 5.82 Å². The molecule has 0 aliphatic carbocycles. The summed E-state index contributed by atoms with van der Waals surface area (Å²) in [6, 6.07) is 0. The zero-order chi connectivity index (χ0) is 11.5. The van der Waals surface area contributed by atoms with Gasteiger partial charge in [-0.05, 0) is 23.3 Å². The first-order valence-corrected chi connectivity index (χ1v) is 6.44. The smallest absolute Gasteiger partial charge is 0.176 e. The van der Waals surface area contributed by atoms with Crippen molar-refractivity contribution in [3.05, 3.63) is 17.2 Å². The molecule has 0 unspecified atom stereocenters. The Labute approximate surface area is 106 Å². The second kappa shape index (κ2) is 4.94. The molecule has 2 aromatic heterocycles. The van der Waals surface area contributed by atoms with Crippen LogP contribution in [0.25, 0.3) is 0 Å². The van der Waals surface area contributed by atoms with Crippen LogP contribution in [0.15, 0.2) is 15.7 Å². The van der Waals surface area contributed by atoms with E-state index in [0.717, 1.165) is 16.6 Å². The van der Waals surface area contributed by atoms with E-state index in [2.05, 4.69) is 19.3 Å². The van der Waals surface area contributed by atoms with Gasteiger partial charge in [0.2, 0.25) is 0 Å². The molecule has 0 aliphatic rings. The van der Waals surface area contributed by atoms with Crippen LogP contribution in [0, 0.1) is 0 Å². The molecule has 0 saturated carbocycles. The largest absolute Gasteiger partial charge is 0.382 e. The first kappa shape index (κ1) is 11.6. The molecule has 8 heteroatoms. The molecule has 2 N–H and O–H groups in total. The van der Waals surface area contributed by atoms with Gasteiger partial charge in [-0.3, -0.25) is 0 Å². The van der Waals surface area contributed by atoms with Crippen LogP contribution >= 0.6 is 34.9 Å². The van der Waals surface area contributed by atoms with Gasteiger partial charge in [-0.25, -0.2) is 15.0 Å². The van der Waals surface area contributed by atoms with E-state index in [1.54, 1.807) is 0 Å². The van der Waals surface area contributed by atoms with Crippen molar-refractivity contribution in [2.75, 3.05) is 5.73 Å². The van der Waals surface area contributed by atoms with Crippen LogP contribution in [-0.2, 0) is 6.42 Å². The number of nitrogen functional groups attached to an aromatic ring is 1.